The molecule has 0 aliphatic carbocycles. The number of hydrogen-bond acceptors (Lipinski definition) is 5. The maximum atomic E-state index is 12.7. The van der Waals surface area contributed by atoms with E-state index in [0.29, 0.717) is 17.9 Å². The average Bonchev–Trinajstić information content (AvgIpc) is 2.89. The van der Waals surface area contributed by atoms with Gasteiger partial charge in [-0.15, -0.1) is 11.8 Å². The van der Waals surface area contributed by atoms with E-state index in [2.05, 4.69) is 11.9 Å². The molecule has 2 aliphatic heterocycles. The van der Waals surface area contributed by atoms with Gasteiger partial charge in [-0.25, -0.2) is 4.79 Å². The molecule has 27 heavy (non-hydrogen) atoms. The molecule has 1 aromatic carbocycles. The minimum atomic E-state index is -1.14. The van der Waals surface area contributed by atoms with Crippen molar-refractivity contribution >= 4 is 29.5 Å². The third-order valence-corrected chi connectivity index (χ3v) is 6.62. The van der Waals surface area contributed by atoms with E-state index in [1.54, 1.807) is 51.1 Å². The number of carbonyl (C=O) groups excluding carboxylic acids is 2. The molecular formula is C19H22N2O5S. The largest absolute Gasteiger partial charge is 0.490 e. The summed E-state index contributed by atoms with van der Waals surface area (Å²) in [5.41, 5.74) is -0.744. The summed E-state index contributed by atoms with van der Waals surface area (Å²) in [5.74, 6) is -1.19. The van der Waals surface area contributed by atoms with E-state index in [1.165, 1.54) is 16.7 Å². The van der Waals surface area contributed by atoms with Crippen LogP contribution >= 0.6 is 11.8 Å². The molecule has 0 unspecified atom stereocenters. The van der Waals surface area contributed by atoms with Crippen LogP contribution < -0.4 is 10.1 Å². The Morgan fingerprint density at radius 1 is 1.33 bits per heavy atom. The van der Waals surface area contributed by atoms with Gasteiger partial charge in [0, 0.05) is 10.3 Å². The number of carbonyl (C=O) groups is 3. The molecule has 2 amide bonds. The molecule has 3 atom stereocenters. The SMILES string of the molecule is C=CCOc1ccc(C(=O)N[C@@]2(C)C(=O)N3[C@@H](C(=O)O)C(C)(C)S[C@@H]32)cc1. The highest BCUT2D eigenvalue weighted by atomic mass is 32.2. The Morgan fingerprint density at radius 3 is 2.52 bits per heavy atom. The number of aliphatic carboxylic acids is 1. The number of rotatable bonds is 6. The first-order chi connectivity index (χ1) is 12.6. The van der Waals surface area contributed by atoms with Crippen molar-refractivity contribution in [3.05, 3.63) is 42.5 Å². The van der Waals surface area contributed by atoms with Crippen LogP contribution in [0.5, 0.6) is 5.75 Å². The van der Waals surface area contributed by atoms with Crippen molar-refractivity contribution in [2.24, 2.45) is 0 Å². The zero-order chi connectivity index (χ0) is 20.0. The van der Waals surface area contributed by atoms with Crippen molar-refractivity contribution in [1.82, 2.24) is 10.2 Å². The molecule has 2 fully saturated rings. The number of carboxylic acids is 1. The Bertz CT molecular complexity index is 807. The lowest BCUT2D eigenvalue weighted by Gasteiger charge is -2.51. The Labute approximate surface area is 161 Å². The van der Waals surface area contributed by atoms with E-state index < -0.39 is 33.6 Å². The molecule has 0 bridgehead atoms. The third kappa shape index (κ3) is 3.07. The maximum absolute atomic E-state index is 12.7. The predicted octanol–water partition coefficient (Wildman–Crippen LogP) is 1.89. The summed E-state index contributed by atoms with van der Waals surface area (Å²) in [4.78, 5) is 38.3. The Balaban J connectivity index is 1.74. The number of benzene rings is 1. The molecule has 8 heteroatoms. The smallest absolute Gasteiger partial charge is 0.327 e. The third-order valence-electron chi connectivity index (χ3n) is 4.87. The predicted molar refractivity (Wildman–Crippen MR) is 102 cm³/mol. The van der Waals surface area contributed by atoms with Gasteiger partial charge in [0.2, 0.25) is 0 Å². The van der Waals surface area contributed by atoms with Crippen LogP contribution in [-0.4, -0.2) is 56.1 Å². The summed E-state index contributed by atoms with van der Waals surface area (Å²) in [6, 6.07) is 5.66. The molecule has 2 saturated heterocycles. The van der Waals surface area contributed by atoms with E-state index in [0.717, 1.165) is 0 Å². The Morgan fingerprint density at radius 2 is 1.96 bits per heavy atom. The summed E-state index contributed by atoms with van der Waals surface area (Å²) in [7, 11) is 0. The zero-order valence-corrected chi connectivity index (χ0v) is 16.2. The lowest BCUT2D eigenvalue weighted by molar-refractivity contribution is -0.165. The van der Waals surface area contributed by atoms with Crippen LogP contribution in [0.25, 0.3) is 0 Å². The number of β-lactam (4-membered cyclic amide) rings is 1. The van der Waals surface area contributed by atoms with Crippen molar-refractivity contribution in [3.63, 3.8) is 0 Å². The second-order valence-electron chi connectivity index (χ2n) is 7.31. The van der Waals surface area contributed by atoms with Gasteiger partial charge in [0.25, 0.3) is 11.8 Å². The van der Waals surface area contributed by atoms with E-state index in [-0.39, 0.29) is 5.91 Å². The summed E-state index contributed by atoms with van der Waals surface area (Å²) in [6.45, 7) is 9.18. The van der Waals surface area contributed by atoms with Gasteiger partial charge in [-0.2, -0.15) is 0 Å². The maximum Gasteiger partial charge on any atom is 0.327 e. The van der Waals surface area contributed by atoms with Gasteiger partial charge in [-0.05, 0) is 45.0 Å². The standard InChI is InChI=1S/C19H22N2O5S/c1-5-10-26-12-8-6-11(7-9-12)14(22)20-19(4)16(25)21-13(15(23)24)18(2,3)27-17(19)21/h5-9,13,17H,1,10H2,2-4H3,(H,20,22)(H,23,24)/t13-,17+,19-/m0/s1. The quantitative estimate of drug-likeness (QED) is 0.569. The lowest BCUT2D eigenvalue weighted by atomic mass is 9.86. The van der Waals surface area contributed by atoms with Crippen LogP contribution in [0.1, 0.15) is 31.1 Å². The molecule has 3 rings (SSSR count). The highest BCUT2D eigenvalue weighted by molar-refractivity contribution is 8.01. The molecule has 2 aliphatic rings. The van der Waals surface area contributed by atoms with Crippen molar-refractivity contribution < 1.29 is 24.2 Å². The number of nitrogens with zero attached hydrogens (tertiary/aromatic N) is 1. The molecule has 0 spiro atoms. The Hall–Kier alpha value is -2.48. The minimum absolute atomic E-state index is 0.368. The van der Waals surface area contributed by atoms with Gasteiger partial charge in [-0.1, -0.05) is 12.7 Å². The summed E-state index contributed by atoms with van der Waals surface area (Å²) >= 11 is 1.39. The van der Waals surface area contributed by atoms with Crippen LogP contribution in [0.3, 0.4) is 0 Å². The van der Waals surface area contributed by atoms with Gasteiger partial charge in [0.05, 0.1) is 0 Å². The molecule has 7 nitrogen and oxygen atoms in total. The molecule has 1 aromatic rings. The summed E-state index contributed by atoms with van der Waals surface area (Å²) in [6.07, 6.45) is 1.63. The van der Waals surface area contributed by atoms with Crippen molar-refractivity contribution in [2.45, 2.75) is 42.5 Å². The van der Waals surface area contributed by atoms with Crippen molar-refractivity contribution in [2.75, 3.05) is 6.61 Å². The number of ether oxygens (including phenoxy) is 1. The fourth-order valence-corrected chi connectivity index (χ4v) is 5.15. The molecule has 0 radical (unpaired) electrons. The summed E-state index contributed by atoms with van der Waals surface area (Å²) in [5, 5.41) is 11.9. The van der Waals surface area contributed by atoms with E-state index in [1.807, 2.05) is 0 Å². The fourth-order valence-electron chi connectivity index (χ4n) is 3.50. The summed E-state index contributed by atoms with van der Waals surface area (Å²) < 4.78 is 4.74. The number of nitrogens with one attached hydrogen (secondary N) is 1. The van der Waals surface area contributed by atoms with E-state index >= 15 is 0 Å². The molecule has 2 heterocycles. The number of thioether (sulfide) groups is 1. The van der Waals surface area contributed by atoms with Gasteiger partial charge in [0.1, 0.15) is 29.3 Å². The van der Waals surface area contributed by atoms with Crippen molar-refractivity contribution in [1.29, 1.82) is 0 Å². The van der Waals surface area contributed by atoms with E-state index in [9.17, 15) is 19.5 Å². The monoisotopic (exact) mass is 390 g/mol. The normalized spacial score (nSPS) is 28.1. The zero-order valence-electron chi connectivity index (χ0n) is 15.4. The fraction of sp³-hybridized carbons (Fsp3) is 0.421. The first-order valence-corrected chi connectivity index (χ1v) is 9.39. The van der Waals surface area contributed by atoms with Crippen molar-refractivity contribution in [3.8, 4) is 5.75 Å². The Kier molecular flexibility index (Phi) is 4.71. The molecule has 0 aromatic heterocycles. The number of amides is 2. The minimum Gasteiger partial charge on any atom is -0.490 e. The molecule has 144 valence electrons. The first-order valence-electron chi connectivity index (χ1n) is 8.51. The van der Waals surface area contributed by atoms with Crippen LogP contribution in [0, 0.1) is 0 Å². The van der Waals surface area contributed by atoms with Gasteiger partial charge in [-0.3, -0.25) is 9.59 Å². The molecule has 0 saturated carbocycles. The van der Waals surface area contributed by atoms with Crippen LogP contribution in [0.15, 0.2) is 36.9 Å². The second-order valence-corrected chi connectivity index (χ2v) is 9.04. The average molecular weight is 390 g/mol. The highest BCUT2D eigenvalue weighted by Gasteiger charge is 2.70. The molecular weight excluding hydrogens is 368 g/mol. The lowest BCUT2D eigenvalue weighted by Crippen LogP contribution is -2.78. The van der Waals surface area contributed by atoms with E-state index in [4.69, 9.17) is 4.74 Å². The number of fused-ring (bicyclic) bond motifs is 1. The van der Waals surface area contributed by atoms with Crippen LogP contribution in [-0.2, 0) is 9.59 Å². The number of carboxylic acid groups (broad SMARTS) is 1. The van der Waals surface area contributed by atoms with Gasteiger partial charge >= 0.3 is 5.97 Å². The highest BCUT2D eigenvalue weighted by Crippen LogP contribution is 2.54. The van der Waals surface area contributed by atoms with Crippen LogP contribution in [0.4, 0.5) is 0 Å². The van der Waals surface area contributed by atoms with Gasteiger partial charge in [0.15, 0.2) is 0 Å². The number of hydrogen-bond donors (Lipinski definition) is 2. The first kappa shape index (κ1) is 19.3. The van der Waals surface area contributed by atoms with Gasteiger partial charge < -0.3 is 20.1 Å². The molecule has 2 N–H and O–H groups in total. The topological polar surface area (TPSA) is 95.9 Å². The second kappa shape index (κ2) is 6.60. The van der Waals surface area contributed by atoms with Crippen LogP contribution in [0.2, 0.25) is 0 Å².